The molecule has 146 valence electrons. The van der Waals surface area contributed by atoms with Gasteiger partial charge in [-0.2, -0.15) is 0 Å². The molecule has 2 heterocycles. The Hall–Kier alpha value is -0.650. The first-order valence-corrected chi connectivity index (χ1v) is 10.1. The summed E-state index contributed by atoms with van der Waals surface area (Å²) in [6, 6.07) is 11.9. The van der Waals surface area contributed by atoms with Gasteiger partial charge in [0.15, 0.2) is 0 Å². The van der Waals surface area contributed by atoms with E-state index in [1.807, 2.05) is 0 Å². The van der Waals surface area contributed by atoms with E-state index in [-0.39, 0.29) is 18.5 Å². The highest BCUT2D eigenvalue weighted by molar-refractivity contribution is 5.85. The van der Waals surface area contributed by atoms with Crippen molar-refractivity contribution in [3.63, 3.8) is 0 Å². The van der Waals surface area contributed by atoms with Crippen LogP contribution in [0.1, 0.15) is 43.8 Å². The summed E-state index contributed by atoms with van der Waals surface area (Å²) < 4.78 is 11.9. The lowest BCUT2D eigenvalue weighted by Gasteiger charge is -2.36. The zero-order valence-corrected chi connectivity index (χ0v) is 16.4. The van der Waals surface area contributed by atoms with Crippen molar-refractivity contribution < 1.29 is 9.47 Å². The number of morpholine rings is 1. The molecule has 2 N–H and O–H groups in total. The SMILES string of the molecule is Cl.c1ccc(C2OCCCC2CNC2CCCC2C2COCCN2)cc1. The average molecular weight is 381 g/mol. The number of ether oxygens (including phenoxy) is 2. The van der Waals surface area contributed by atoms with Crippen LogP contribution in [0.2, 0.25) is 0 Å². The predicted molar refractivity (Wildman–Crippen MR) is 107 cm³/mol. The minimum Gasteiger partial charge on any atom is -0.379 e. The summed E-state index contributed by atoms with van der Waals surface area (Å²) in [6.45, 7) is 4.70. The Morgan fingerprint density at radius 3 is 2.73 bits per heavy atom. The molecule has 5 heteroatoms. The first-order valence-electron chi connectivity index (χ1n) is 10.1. The molecule has 0 aromatic heterocycles. The Balaban J connectivity index is 0.00000196. The van der Waals surface area contributed by atoms with Crippen LogP contribution in [0.25, 0.3) is 0 Å². The normalized spacial score (nSPS) is 35.0. The molecule has 5 atom stereocenters. The topological polar surface area (TPSA) is 42.5 Å². The second-order valence-electron chi connectivity index (χ2n) is 7.85. The van der Waals surface area contributed by atoms with Crippen LogP contribution in [-0.2, 0) is 9.47 Å². The van der Waals surface area contributed by atoms with Gasteiger partial charge in [0.1, 0.15) is 0 Å². The molecule has 2 saturated heterocycles. The van der Waals surface area contributed by atoms with E-state index in [9.17, 15) is 0 Å². The maximum absolute atomic E-state index is 6.16. The minimum atomic E-state index is 0. The number of hydrogen-bond acceptors (Lipinski definition) is 4. The van der Waals surface area contributed by atoms with Crippen LogP contribution in [0, 0.1) is 11.8 Å². The van der Waals surface area contributed by atoms with Gasteiger partial charge in [0, 0.05) is 37.7 Å². The van der Waals surface area contributed by atoms with E-state index in [1.54, 1.807) is 0 Å². The monoisotopic (exact) mass is 380 g/mol. The maximum Gasteiger partial charge on any atom is 0.0865 e. The smallest absolute Gasteiger partial charge is 0.0865 e. The summed E-state index contributed by atoms with van der Waals surface area (Å²) in [5, 5.41) is 7.60. The van der Waals surface area contributed by atoms with Gasteiger partial charge in [0.2, 0.25) is 0 Å². The van der Waals surface area contributed by atoms with Crippen molar-refractivity contribution in [1.82, 2.24) is 10.6 Å². The molecule has 5 unspecified atom stereocenters. The van der Waals surface area contributed by atoms with Crippen molar-refractivity contribution in [3.8, 4) is 0 Å². The summed E-state index contributed by atoms with van der Waals surface area (Å²) in [4.78, 5) is 0. The summed E-state index contributed by atoms with van der Waals surface area (Å²) >= 11 is 0. The number of benzene rings is 1. The Kier molecular flexibility index (Phi) is 7.77. The average Bonchev–Trinajstić information content (AvgIpc) is 3.17. The number of halogens is 1. The maximum atomic E-state index is 6.16. The molecule has 1 saturated carbocycles. The van der Waals surface area contributed by atoms with Crippen molar-refractivity contribution >= 4 is 12.4 Å². The van der Waals surface area contributed by atoms with Gasteiger partial charge in [0.25, 0.3) is 0 Å². The minimum absolute atomic E-state index is 0. The van der Waals surface area contributed by atoms with E-state index in [4.69, 9.17) is 9.47 Å². The van der Waals surface area contributed by atoms with E-state index in [0.717, 1.165) is 32.9 Å². The third-order valence-electron chi connectivity index (χ3n) is 6.25. The Labute approximate surface area is 163 Å². The molecule has 1 aliphatic carbocycles. The van der Waals surface area contributed by atoms with Gasteiger partial charge in [-0.3, -0.25) is 0 Å². The molecule has 4 rings (SSSR count). The van der Waals surface area contributed by atoms with Gasteiger partial charge in [-0.05, 0) is 37.2 Å². The molecule has 0 radical (unpaired) electrons. The lowest BCUT2D eigenvalue weighted by molar-refractivity contribution is -0.0293. The van der Waals surface area contributed by atoms with Crippen LogP contribution in [0.4, 0.5) is 0 Å². The highest BCUT2D eigenvalue weighted by atomic mass is 35.5. The Bertz CT molecular complexity index is 524. The standard InChI is InChI=1S/C21H32N2O2.ClH/c1-2-6-16(7-3-1)21-17(8-5-12-25-21)14-23-19-10-4-9-18(19)20-15-24-13-11-22-20;/h1-3,6-7,17-23H,4-5,8-15H2;1H. The molecule has 1 aromatic carbocycles. The summed E-state index contributed by atoms with van der Waals surface area (Å²) in [6.07, 6.45) is 6.65. The van der Waals surface area contributed by atoms with Gasteiger partial charge >= 0.3 is 0 Å². The Morgan fingerprint density at radius 2 is 1.92 bits per heavy atom. The molecule has 26 heavy (non-hydrogen) atoms. The first-order chi connectivity index (χ1) is 12.4. The van der Waals surface area contributed by atoms with Crippen molar-refractivity contribution in [1.29, 1.82) is 0 Å². The molecule has 0 amide bonds. The fourth-order valence-corrected chi connectivity index (χ4v) is 4.95. The molecule has 2 aliphatic heterocycles. The third-order valence-corrected chi connectivity index (χ3v) is 6.25. The lowest BCUT2D eigenvalue weighted by atomic mass is 9.88. The number of nitrogens with one attached hydrogen (secondary N) is 2. The van der Waals surface area contributed by atoms with Crippen LogP contribution in [0.5, 0.6) is 0 Å². The second kappa shape index (κ2) is 10.0. The highest BCUT2D eigenvalue weighted by Crippen LogP contribution is 2.34. The summed E-state index contributed by atoms with van der Waals surface area (Å²) in [5.41, 5.74) is 1.33. The largest absolute Gasteiger partial charge is 0.379 e. The quantitative estimate of drug-likeness (QED) is 0.822. The summed E-state index contributed by atoms with van der Waals surface area (Å²) in [7, 11) is 0. The van der Waals surface area contributed by atoms with Gasteiger partial charge in [-0.1, -0.05) is 36.8 Å². The molecular weight excluding hydrogens is 348 g/mol. The van der Waals surface area contributed by atoms with Crippen LogP contribution >= 0.6 is 12.4 Å². The van der Waals surface area contributed by atoms with Crippen LogP contribution < -0.4 is 10.6 Å². The molecule has 4 nitrogen and oxygen atoms in total. The molecular formula is C21H33ClN2O2. The van der Waals surface area contributed by atoms with E-state index < -0.39 is 0 Å². The number of hydrogen-bond donors (Lipinski definition) is 2. The molecule has 0 spiro atoms. The second-order valence-corrected chi connectivity index (χ2v) is 7.85. The zero-order valence-electron chi connectivity index (χ0n) is 15.6. The number of rotatable bonds is 5. The van der Waals surface area contributed by atoms with Gasteiger partial charge in [-0.15, -0.1) is 12.4 Å². The van der Waals surface area contributed by atoms with Gasteiger partial charge in [0.05, 0.1) is 19.3 Å². The van der Waals surface area contributed by atoms with Crippen molar-refractivity contribution in [2.75, 3.05) is 32.9 Å². The Morgan fingerprint density at radius 1 is 1.04 bits per heavy atom. The van der Waals surface area contributed by atoms with Crippen molar-refractivity contribution in [2.45, 2.75) is 50.3 Å². The van der Waals surface area contributed by atoms with E-state index in [0.29, 0.717) is 23.9 Å². The third kappa shape index (κ3) is 4.79. The zero-order chi connectivity index (χ0) is 16.9. The van der Waals surface area contributed by atoms with Crippen molar-refractivity contribution in [2.24, 2.45) is 11.8 Å². The molecule has 3 aliphatic rings. The predicted octanol–water partition coefficient (Wildman–Crippen LogP) is 3.32. The lowest BCUT2D eigenvalue weighted by Crippen LogP contribution is -2.51. The molecule has 3 fully saturated rings. The van der Waals surface area contributed by atoms with Crippen molar-refractivity contribution in [3.05, 3.63) is 35.9 Å². The van der Waals surface area contributed by atoms with E-state index in [2.05, 4.69) is 41.0 Å². The van der Waals surface area contributed by atoms with Crippen LogP contribution in [0.3, 0.4) is 0 Å². The molecule has 1 aromatic rings. The van der Waals surface area contributed by atoms with Crippen LogP contribution in [0.15, 0.2) is 30.3 Å². The van der Waals surface area contributed by atoms with E-state index >= 15 is 0 Å². The van der Waals surface area contributed by atoms with Crippen LogP contribution in [-0.4, -0.2) is 45.0 Å². The first kappa shape index (κ1) is 20.1. The highest BCUT2D eigenvalue weighted by Gasteiger charge is 2.35. The summed E-state index contributed by atoms with van der Waals surface area (Å²) in [5.74, 6) is 1.29. The van der Waals surface area contributed by atoms with Gasteiger partial charge < -0.3 is 20.1 Å². The fourth-order valence-electron chi connectivity index (χ4n) is 4.95. The van der Waals surface area contributed by atoms with Gasteiger partial charge in [-0.25, -0.2) is 0 Å². The molecule has 0 bridgehead atoms. The fraction of sp³-hybridized carbons (Fsp3) is 0.714. The van der Waals surface area contributed by atoms with E-state index in [1.165, 1.54) is 37.7 Å².